The molecule has 0 aliphatic carbocycles. The highest BCUT2D eigenvalue weighted by Gasteiger charge is 2.21. The summed E-state index contributed by atoms with van der Waals surface area (Å²) in [5.41, 5.74) is 2.49. The lowest BCUT2D eigenvalue weighted by atomic mass is 9.91. The van der Waals surface area contributed by atoms with Crippen LogP contribution in [-0.4, -0.2) is 35.2 Å². The molecule has 0 spiro atoms. The Balaban J connectivity index is 1.87. The van der Waals surface area contributed by atoms with Crippen LogP contribution >= 0.6 is 0 Å². The van der Waals surface area contributed by atoms with Crippen molar-refractivity contribution in [2.75, 3.05) is 0 Å². The van der Waals surface area contributed by atoms with E-state index in [0.717, 1.165) is 32.1 Å². The van der Waals surface area contributed by atoms with Crippen molar-refractivity contribution in [2.24, 2.45) is 11.8 Å². The zero-order chi connectivity index (χ0) is 32.4. The van der Waals surface area contributed by atoms with Gasteiger partial charge in [-0.25, -0.2) is 18.8 Å². The lowest BCUT2D eigenvalue weighted by Crippen LogP contribution is -2.19. The van der Waals surface area contributed by atoms with Crippen molar-refractivity contribution >= 4 is 17.9 Å². The van der Waals surface area contributed by atoms with Crippen LogP contribution in [0.4, 0.5) is 4.39 Å². The zero-order valence-corrected chi connectivity index (χ0v) is 26.7. The fraction of sp³-hybridized carbons (Fsp3) is 0.432. The maximum atomic E-state index is 15.3. The van der Waals surface area contributed by atoms with E-state index in [-0.39, 0.29) is 23.3 Å². The van der Waals surface area contributed by atoms with Crippen LogP contribution in [0.15, 0.2) is 60.7 Å². The third-order valence-corrected chi connectivity index (χ3v) is 8.45. The zero-order valence-electron chi connectivity index (χ0n) is 26.7. The van der Waals surface area contributed by atoms with Gasteiger partial charge in [-0.2, -0.15) is 0 Å². The first-order chi connectivity index (χ1) is 21.0. The minimum Gasteiger partial charge on any atom is -0.478 e. The minimum atomic E-state index is -1.12. The number of carboxylic acids is 1. The SMILES string of the molecule is CCC(CC)C[C@@H](C)OC(=O)c1ccc(-c2ccc(C(=O)O)cc2-c2ccc(C(=O)O[C@H](C)CC(CC)CC)c(F)c2)cc1. The van der Waals surface area contributed by atoms with Crippen LogP contribution in [0.2, 0.25) is 0 Å². The Hall–Kier alpha value is -4.00. The van der Waals surface area contributed by atoms with Gasteiger partial charge in [0.2, 0.25) is 0 Å². The second-order valence-electron chi connectivity index (χ2n) is 11.6. The first-order valence-electron chi connectivity index (χ1n) is 15.7. The van der Waals surface area contributed by atoms with Gasteiger partial charge in [-0.05, 0) is 97.2 Å². The highest BCUT2D eigenvalue weighted by molar-refractivity contribution is 5.95. The van der Waals surface area contributed by atoms with Gasteiger partial charge in [0.1, 0.15) is 5.82 Å². The quantitative estimate of drug-likeness (QED) is 0.174. The summed E-state index contributed by atoms with van der Waals surface area (Å²) in [4.78, 5) is 37.3. The van der Waals surface area contributed by atoms with Gasteiger partial charge in [0.15, 0.2) is 0 Å². The summed E-state index contributed by atoms with van der Waals surface area (Å²) >= 11 is 0. The smallest absolute Gasteiger partial charge is 0.341 e. The fourth-order valence-corrected chi connectivity index (χ4v) is 5.58. The second kappa shape index (κ2) is 16.2. The number of carbonyl (C=O) groups excluding carboxylic acids is 2. The van der Waals surface area contributed by atoms with Crippen molar-refractivity contribution in [3.05, 3.63) is 83.2 Å². The number of aromatic carboxylic acids is 1. The molecule has 3 aromatic carbocycles. The Morgan fingerprint density at radius 2 is 1.16 bits per heavy atom. The third kappa shape index (κ3) is 9.01. The summed E-state index contributed by atoms with van der Waals surface area (Å²) in [6.07, 6.45) is 4.98. The Bertz CT molecular complexity index is 1420. The normalized spacial score (nSPS) is 12.7. The van der Waals surface area contributed by atoms with Crippen LogP contribution in [0.1, 0.15) is 111 Å². The molecule has 0 fully saturated rings. The number of halogens is 1. The molecule has 44 heavy (non-hydrogen) atoms. The van der Waals surface area contributed by atoms with E-state index in [4.69, 9.17) is 9.47 Å². The Morgan fingerprint density at radius 1 is 0.659 bits per heavy atom. The fourth-order valence-electron chi connectivity index (χ4n) is 5.58. The molecule has 0 aromatic heterocycles. The van der Waals surface area contributed by atoms with Crippen molar-refractivity contribution in [1.82, 2.24) is 0 Å². The molecule has 1 N–H and O–H groups in total. The standard InChI is InChI=1S/C37H45FO6/c1-7-25(8-2)19-23(5)43-36(41)28-13-11-27(12-14-28)31-17-16-30(35(39)40)21-33(31)29-15-18-32(34(38)22-29)37(42)44-24(6)20-26(9-3)10-4/h11-18,21-26H,7-10,19-20H2,1-6H3,(H,39,40)/t23-,24-/m1/s1. The monoisotopic (exact) mass is 604 g/mol. The highest BCUT2D eigenvalue weighted by Crippen LogP contribution is 2.34. The molecule has 0 heterocycles. The maximum Gasteiger partial charge on any atom is 0.341 e. The van der Waals surface area contributed by atoms with Crippen LogP contribution in [0.5, 0.6) is 0 Å². The van der Waals surface area contributed by atoms with Gasteiger partial charge in [0, 0.05) is 0 Å². The number of hydrogen-bond donors (Lipinski definition) is 1. The van der Waals surface area contributed by atoms with Crippen molar-refractivity contribution in [3.8, 4) is 22.3 Å². The molecule has 3 rings (SSSR count). The topological polar surface area (TPSA) is 89.9 Å². The molecule has 0 radical (unpaired) electrons. The van der Waals surface area contributed by atoms with E-state index >= 15 is 4.39 Å². The molecule has 0 aliphatic heterocycles. The summed E-state index contributed by atoms with van der Waals surface area (Å²) in [6.45, 7) is 12.2. The molecular formula is C37H45FO6. The molecule has 0 bridgehead atoms. The van der Waals surface area contributed by atoms with Gasteiger partial charge in [-0.3, -0.25) is 0 Å². The van der Waals surface area contributed by atoms with Crippen molar-refractivity contribution in [3.63, 3.8) is 0 Å². The number of hydrogen-bond acceptors (Lipinski definition) is 5. The molecule has 7 heteroatoms. The van der Waals surface area contributed by atoms with E-state index in [1.54, 1.807) is 36.4 Å². The number of carboxylic acid groups (broad SMARTS) is 1. The first kappa shape index (κ1) is 34.5. The lowest BCUT2D eigenvalue weighted by molar-refractivity contribution is 0.0272. The average Bonchev–Trinajstić information content (AvgIpc) is 3.01. The number of carbonyl (C=O) groups is 3. The van der Waals surface area contributed by atoms with Gasteiger partial charge >= 0.3 is 17.9 Å². The Kier molecular flexibility index (Phi) is 12.7. The number of rotatable bonds is 15. The van der Waals surface area contributed by atoms with Crippen LogP contribution in [-0.2, 0) is 9.47 Å². The van der Waals surface area contributed by atoms with Gasteiger partial charge in [-0.15, -0.1) is 0 Å². The molecule has 3 aromatic rings. The molecular weight excluding hydrogens is 559 g/mol. The summed E-state index contributed by atoms with van der Waals surface area (Å²) in [5.74, 6) is -2.09. The molecule has 236 valence electrons. The van der Waals surface area contributed by atoms with E-state index in [0.29, 0.717) is 46.1 Å². The molecule has 0 unspecified atom stereocenters. The van der Waals surface area contributed by atoms with Crippen molar-refractivity contribution < 1.29 is 33.4 Å². The predicted molar refractivity (Wildman–Crippen MR) is 171 cm³/mol. The number of benzene rings is 3. The Morgan fingerprint density at radius 3 is 1.66 bits per heavy atom. The Labute approximate surface area is 260 Å². The van der Waals surface area contributed by atoms with Crippen LogP contribution in [0.3, 0.4) is 0 Å². The van der Waals surface area contributed by atoms with Gasteiger partial charge in [0.05, 0.1) is 28.9 Å². The second-order valence-corrected chi connectivity index (χ2v) is 11.6. The number of ether oxygens (including phenoxy) is 2. The van der Waals surface area contributed by atoms with Crippen molar-refractivity contribution in [2.45, 2.75) is 92.3 Å². The summed E-state index contributed by atoms with van der Waals surface area (Å²) in [7, 11) is 0. The van der Waals surface area contributed by atoms with E-state index < -0.39 is 23.7 Å². The lowest BCUT2D eigenvalue weighted by Gasteiger charge is -2.19. The summed E-state index contributed by atoms with van der Waals surface area (Å²) in [5, 5.41) is 9.64. The summed E-state index contributed by atoms with van der Waals surface area (Å²) < 4.78 is 26.5. The van der Waals surface area contributed by atoms with E-state index in [2.05, 4.69) is 27.7 Å². The van der Waals surface area contributed by atoms with E-state index in [1.807, 2.05) is 13.8 Å². The molecule has 2 atom stereocenters. The third-order valence-electron chi connectivity index (χ3n) is 8.45. The first-order valence-corrected chi connectivity index (χ1v) is 15.7. The highest BCUT2D eigenvalue weighted by atomic mass is 19.1. The molecule has 6 nitrogen and oxygen atoms in total. The molecule has 0 aliphatic rings. The molecule has 0 saturated heterocycles. The van der Waals surface area contributed by atoms with E-state index in [9.17, 15) is 19.5 Å². The number of esters is 2. The van der Waals surface area contributed by atoms with Crippen molar-refractivity contribution in [1.29, 1.82) is 0 Å². The van der Waals surface area contributed by atoms with Crippen LogP contribution in [0, 0.1) is 17.7 Å². The van der Waals surface area contributed by atoms with Crippen LogP contribution in [0.25, 0.3) is 22.3 Å². The van der Waals surface area contributed by atoms with Gasteiger partial charge in [-0.1, -0.05) is 77.6 Å². The predicted octanol–water partition coefficient (Wildman–Crippen LogP) is 9.60. The molecule has 0 amide bonds. The molecule has 0 saturated carbocycles. The minimum absolute atomic E-state index is 0.0366. The van der Waals surface area contributed by atoms with E-state index in [1.165, 1.54) is 24.3 Å². The van der Waals surface area contributed by atoms with Gasteiger partial charge in [0.25, 0.3) is 0 Å². The van der Waals surface area contributed by atoms with Crippen LogP contribution < -0.4 is 0 Å². The summed E-state index contributed by atoms with van der Waals surface area (Å²) in [6, 6.07) is 15.6. The average molecular weight is 605 g/mol. The van der Waals surface area contributed by atoms with Gasteiger partial charge < -0.3 is 14.6 Å². The largest absolute Gasteiger partial charge is 0.478 e. The maximum absolute atomic E-state index is 15.3.